The van der Waals surface area contributed by atoms with Gasteiger partial charge in [-0.3, -0.25) is 19.2 Å². The topological polar surface area (TPSA) is 217 Å². The van der Waals surface area contributed by atoms with Gasteiger partial charge in [0, 0.05) is 62.1 Å². The van der Waals surface area contributed by atoms with Crippen molar-refractivity contribution in [2.45, 2.75) is 64.5 Å². The van der Waals surface area contributed by atoms with Crippen molar-refractivity contribution in [3.63, 3.8) is 0 Å². The molecule has 0 unspecified atom stereocenters. The van der Waals surface area contributed by atoms with Crippen LogP contribution in [0.1, 0.15) is 72.6 Å². The van der Waals surface area contributed by atoms with E-state index in [0.717, 1.165) is 36.0 Å². The Morgan fingerprint density at radius 3 is 2.11 bits per heavy atom. The fourth-order valence-electron chi connectivity index (χ4n) is 7.89. The predicted molar refractivity (Wildman–Crippen MR) is 240 cm³/mol. The number of ketones is 2. The number of fused-ring (bicyclic) bond motifs is 5. The lowest BCUT2D eigenvalue weighted by molar-refractivity contribution is -0.142. The fraction of sp³-hybridized carbons (Fsp3) is 0.396. The number of amides is 2. The Hall–Kier alpha value is -6.09. The molecule has 0 saturated heterocycles. The van der Waals surface area contributed by atoms with Gasteiger partial charge in [0.2, 0.25) is 11.8 Å². The molecule has 4 aromatic carbocycles. The SMILES string of the molecule is CCCCc1ccc(-c2ccc(C(=O)C[C@@H](CN)C(=O)N(C)[C@@H]3C(=O)C[C@@H](C)C(=O)N[C@H](C4=NN=NC4)Cc4ccc(OCCN)c(c4)-c4cc3ccc4OCCN)cc2)cc1. The Labute approximate surface area is 363 Å². The molecule has 2 amide bonds. The van der Waals surface area contributed by atoms with Gasteiger partial charge in [0.05, 0.1) is 17.7 Å². The van der Waals surface area contributed by atoms with Gasteiger partial charge in [0.25, 0.3) is 0 Å². The van der Waals surface area contributed by atoms with Gasteiger partial charge in [-0.15, -0.1) is 5.10 Å². The number of benzene rings is 4. The molecule has 4 atom stereocenters. The van der Waals surface area contributed by atoms with Crippen LogP contribution in [0.15, 0.2) is 100 Å². The minimum absolute atomic E-state index is 0.132. The van der Waals surface area contributed by atoms with Crippen LogP contribution in [0.25, 0.3) is 22.3 Å². The third kappa shape index (κ3) is 11.0. The summed E-state index contributed by atoms with van der Waals surface area (Å²) in [4.78, 5) is 58.0. The number of carbonyl (C=O) groups is 4. The van der Waals surface area contributed by atoms with Gasteiger partial charge >= 0.3 is 0 Å². The van der Waals surface area contributed by atoms with E-state index in [1.807, 2.05) is 36.4 Å². The summed E-state index contributed by atoms with van der Waals surface area (Å²) in [6, 6.07) is 25.0. The average Bonchev–Trinajstić information content (AvgIpc) is 3.84. The summed E-state index contributed by atoms with van der Waals surface area (Å²) in [5, 5.41) is 15.1. The predicted octanol–water partition coefficient (Wildman–Crippen LogP) is 5.84. The number of likely N-dealkylation sites (N-methyl/N-ethyl adjacent to an activating group) is 1. The first-order valence-electron chi connectivity index (χ1n) is 21.4. The number of Topliss-reactive ketones (excluding diaryl/α,β-unsaturated/α-hetero) is 2. The second kappa shape index (κ2) is 21.6. The molecule has 0 spiro atoms. The second-order valence-corrected chi connectivity index (χ2v) is 16.0. The summed E-state index contributed by atoms with van der Waals surface area (Å²) in [5.41, 5.74) is 24.9. The molecule has 2 aliphatic rings. The number of nitrogens with two attached hydrogens (primary N) is 3. The van der Waals surface area contributed by atoms with Crippen LogP contribution < -0.4 is 32.0 Å². The van der Waals surface area contributed by atoms with Crippen molar-refractivity contribution in [3.05, 3.63) is 107 Å². The zero-order valence-corrected chi connectivity index (χ0v) is 35.8. The van der Waals surface area contributed by atoms with E-state index in [1.165, 1.54) is 17.5 Å². The summed E-state index contributed by atoms with van der Waals surface area (Å²) < 4.78 is 12.3. The van der Waals surface area contributed by atoms with Gasteiger partial charge in [-0.2, -0.15) is 5.11 Å². The third-order valence-electron chi connectivity index (χ3n) is 11.4. The Kier molecular flexibility index (Phi) is 15.8. The van der Waals surface area contributed by atoms with Crippen molar-refractivity contribution in [1.29, 1.82) is 0 Å². The van der Waals surface area contributed by atoms with Gasteiger partial charge in [0.1, 0.15) is 37.3 Å². The summed E-state index contributed by atoms with van der Waals surface area (Å²) >= 11 is 0. The minimum atomic E-state index is -1.16. The maximum absolute atomic E-state index is 14.6. The third-order valence-corrected chi connectivity index (χ3v) is 11.4. The molecule has 62 heavy (non-hydrogen) atoms. The lowest BCUT2D eigenvalue weighted by atomic mass is 9.88. The Morgan fingerprint density at radius 2 is 1.50 bits per heavy atom. The molecule has 0 radical (unpaired) electrons. The average molecular weight is 843 g/mol. The van der Waals surface area contributed by atoms with Crippen LogP contribution in [-0.2, 0) is 27.2 Å². The van der Waals surface area contributed by atoms with Crippen molar-refractivity contribution in [3.8, 4) is 33.8 Å². The molecule has 0 aliphatic carbocycles. The maximum Gasteiger partial charge on any atom is 0.228 e. The molecular weight excluding hydrogens is 785 g/mol. The van der Waals surface area contributed by atoms with Crippen LogP contribution in [0.4, 0.5) is 0 Å². The summed E-state index contributed by atoms with van der Waals surface area (Å²) in [7, 11) is 1.53. The minimum Gasteiger partial charge on any atom is -0.492 e. The summed E-state index contributed by atoms with van der Waals surface area (Å²) in [6.07, 6.45) is 3.31. The summed E-state index contributed by atoms with van der Waals surface area (Å²) in [6.45, 7) is 4.91. The molecular formula is C48H58N8O6. The van der Waals surface area contributed by atoms with Crippen molar-refractivity contribution in [1.82, 2.24) is 10.2 Å². The normalized spacial score (nSPS) is 18.0. The number of unbranched alkanes of at least 4 members (excludes halogenated alkanes) is 1. The second-order valence-electron chi connectivity index (χ2n) is 16.0. The van der Waals surface area contributed by atoms with Crippen LogP contribution >= 0.6 is 0 Å². The summed E-state index contributed by atoms with van der Waals surface area (Å²) in [5.74, 6) is -2.20. The number of ether oxygens (including phenoxy) is 2. The van der Waals surface area contributed by atoms with Gasteiger partial charge in [-0.05, 0) is 76.6 Å². The molecule has 4 aromatic rings. The number of hydrogen-bond donors (Lipinski definition) is 4. The standard InChI is InChI=1S/C48H58N8O6/c1-4-5-6-31-7-10-33(11-8-31)34-12-14-35(15-13-34)42(57)27-37(28-51)48(60)56(3)46-36-16-18-45(62-22-20-50)39(26-36)38-24-32(9-17-44(38)61-21-19-49)25-40(41-29-52-55-54-41)53-47(59)30(2)23-43(46)58/h7-18,24,26,30,37,40,46H,4-6,19-23,25,27-29,49-51H2,1-3H3,(H,53,59)/t30-,37+,40+,46+/m1/s1. The number of aryl methyl sites for hydroxylation is 1. The molecule has 0 fully saturated rings. The highest BCUT2D eigenvalue weighted by molar-refractivity contribution is 6.00. The van der Waals surface area contributed by atoms with Crippen molar-refractivity contribution in [2.24, 2.45) is 44.5 Å². The van der Waals surface area contributed by atoms with Crippen LogP contribution in [0.2, 0.25) is 0 Å². The zero-order valence-electron chi connectivity index (χ0n) is 35.8. The van der Waals surface area contributed by atoms with E-state index in [0.29, 0.717) is 45.9 Å². The van der Waals surface area contributed by atoms with E-state index < -0.39 is 29.8 Å². The smallest absolute Gasteiger partial charge is 0.228 e. The fourth-order valence-corrected chi connectivity index (χ4v) is 7.89. The number of nitrogens with one attached hydrogen (secondary N) is 1. The van der Waals surface area contributed by atoms with Gasteiger partial charge in [0.15, 0.2) is 11.6 Å². The van der Waals surface area contributed by atoms with Crippen molar-refractivity contribution < 1.29 is 28.7 Å². The van der Waals surface area contributed by atoms with E-state index >= 15 is 0 Å². The first kappa shape index (κ1) is 45.4. The number of hydrogen-bond acceptors (Lipinski definition) is 12. The lowest BCUT2D eigenvalue weighted by Crippen LogP contribution is -2.46. The Bertz CT molecular complexity index is 2280. The highest BCUT2D eigenvalue weighted by Crippen LogP contribution is 2.41. The molecule has 326 valence electrons. The van der Waals surface area contributed by atoms with Crippen LogP contribution in [0, 0.1) is 11.8 Å². The molecule has 14 nitrogen and oxygen atoms in total. The molecule has 2 aliphatic heterocycles. The molecule has 6 rings (SSSR count). The van der Waals surface area contributed by atoms with Gasteiger partial charge in [-0.1, -0.05) is 80.9 Å². The largest absolute Gasteiger partial charge is 0.492 e. The van der Waals surface area contributed by atoms with Crippen molar-refractivity contribution in [2.75, 3.05) is 46.4 Å². The van der Waals surface area contributed by atoms with Crippen LogP contribution in [0.3, 0.4) is 0 Å². The van der Waals surface area contributed by atoms with E-state index in [9.17, 15) is 19.2 Å². The van der Waals surface area contributed by atoms with Crippen LogP contribution in [0.5, 0.6) is 11.5 Å². The molecule has 7 N–H and O–H groups in total. The van der Waals surface area contributed by atoms with E-state index in [4.69, 9.17) is 26.7 Å². The van der Waals surface area contributed by atoms with Crippen molar-refractivity contribution >= 4 is 29.1 Å². The van der Waals surface area contributed by atoms with Gasteiger partial charge < -0.3 is 36.9 Å². The first-order valence-corrected chi connectivity index (χ1v) is 21.4. The molecule has 14 heteroatoms. The highest BCUT2D eigenvalue weighted by Gasteiger charge is 2.36. The lowest BCUT2D eigenvalue weighted by Gasteiger charge is -2.32. The first-order chi connectivity index (χ1) is 30.0. The maximum atomic E-state index is 14.6. The Morgan fingerprint density at radius 1 is 0.855 bits per heavy atom. The zero-order chi connectivity index (χ0) is 44.2. The van der Waals surface area contributed by atoms with E-state index in [-0.39, 0.29) is 69.7 Å². The van der Waals surface area contributed by atoms with E-state index in [2.05, 4.69) is 51.9 Å². The Balaban J connectivity index is 1.33. The molecule has 0 saturated carbocycles. The molecule has 2 heterocycles. The molecule has 4 bridgehead atoms. The van der Waals surface area contributed by atoms with Gasteiger partial charge in [-0.25, -0.2) is 0 Å². The quantitative estimate of drug-likeness (QED) is 0.0938. The number of nitrogens with zero attached hydrogens (tertiary/aromatic N) is 4. The molecule has 0 aromatic heterocycles. The van der Waals surface area contributed by atoms with E-state index in [1.54, 1.807) is 31.2 Å². The highest BCUT2D eigenvalue weighted by atomic mass is 16.5. The van der Waals surface area contributed by atoms with Crippen LogP contribution in [-0.4, -0.2) is 86.5 Å². The number of rotatable bonds is 17. The number of carbonyl (C=O) groups excluding carboxylic acids is 4. The monoisotopic (exact) mass is 842 g/mol.